The van der Waals surface area contributed by atoms with Gasteiger partial charge >= 0.3 is 0 Å². The lowest BCUT2D eigenvalue weighted by Gasteiger charge is -2.15. The van der Waals surface area contributed by atoms with E-state index in [1.54, 1.807) is 21.0 Å². The molecule has 6 nitrogen and oxygen atoms in total. The zero-order chi connectivity index (χ0) is 11.9. The van der Waals surface area contributed by atoms with E-state index in [2.05, 4.69) is 10.3 Å². The number of guanidine groups is 1. The van der Waals surface area contributed by atoms with Gasteiger partial charge in [-0.3, -0.25) is 4.99 Å². The third-order valence-corrected chi connectivity index (χ3v) is 3.90. The molecule has 3 N–H and O–H groups in total. The Bertz CT molecular complexity index is 305. The van der Waals surface area contributed by atoms with E-state index >= 15 is 0 Å². The van der Waals surface area contributed by atoms with Crippen molar-refractivity contribution in [2.24, 2.45) is 10.7 Å². The molecule has 0 heterocycles. The van der Waals surface area contributed by atoms with E-state index < -0.39 is 10.0 Å². The van der Waals surface area contributed by atoms with Crippen LogP contribution in [-0.4, -0.2) is 51.6 Å². The first-order valence-electron chi connectivity index (χ1n) is 4.84. The zero-order valence-electron chi connectivity index (χ0n) is 9.93. The minimum Gasteiger partial charge on any atom is -0.370 e. The number of halogens is 1. The number of nitrogens with zero attached hydrogens (tertiary/aromatic N) is 2. The van der Waals surface area contributed by atoms with Gasteiger partial charge in [-0.1, -0.05) is 0 Å². The van der Waals surface area contributed by atoms with E-state index in [9.17, 15) is 8.42 Å². The van der Waals surface area contributed by atoms with Crippen molar-refractivity contribution in [3.8, 4) is 0 Å². The van der Waals surface area contributed by atoms with Crippen molar-refractivity contribution in [3.63, 3.8) is 0 Å². The van der Waals surface area contributed by atoms with Gasteiger partial charge < -0.3 is 11.1 Å². The van der Waals surface area contributed by atoms with Crippen molar-refractivity contribution < 1.29 is 8.42 Å². The first-order valence-corrected chi connectivity index (χ1v) is 6.45. The molecule has 0 rings (SSSR count). The van der Waals surface area contributed by atoms with Crippen LogP contribution in [0.1, 0.15) is 13.3 Å². The molecule has 0 fully saturated rings. The van der Waals surface area contributed by atoms with Crippen LogP contribution in [0.4, 0.5) is 0 Å². The van der Waals surface area contributed by atoms with Crippen LogP contribution in [0.25, 0.3) is 0 Å². The van der Waals surface area contributed by atoms with Crippen LogP contribution in [0.3, 0.4) is 0 Å². The highest BCUT2D eigenvalue weighted by molar-refractivity contribution is 14.0. The summed E-state index contributed by atoms with van der Waals surface area (Å²) < 4.78 is 24.0. The van der Waals surface area contributed by atoms with E-state index in [1.807, 2.05) is 0 Å². The number of nitrogens with one attached hydrogen (secondary N) is 1. The third-order valence-electron chi connectivity index (χ3n) is 2.04. The highest BCUT2D eigenvalue weighted by Gasteiger charge is 2.13. The van der Waals surface area contributed by atoms with Gasteiger partial charge in [0, 0.05) is 27.2 Å². The number of hydrogen-bond donors (Lipinski definition) is 2. The largest absolute Gasteiger partial charge is 0.370 e. The molecule has 0 aliphatic heterocycles. The number of nitrogens with two attached hydrogens (primary N) is 1. The van der Waals surface area contributed by atoms with Crippen LogP contribution >= 0.6 is 24.0 Å². The quantitative estimate of drug-likeness (QED) is 0.296. The predicted octanol–water partition coefficient (Wildman–Crippen LogP) is -0.190. The van der Waals surface area contributed by atoms with Crippen molar-refractivity contribution in [1.82, 2.24) is 9.62 Å². The molecule has 0 aromatic heterocycles. The topological polar surface area (TPSA) is 87.8 Å². The number of aliphatic imine (C=N–C) groups is 1. The summed E-state index contributed by atoms with van der Waals surface area (Å²) in [5.41, 5.74) is 5.41. The Balaban J connectivity index is 0. The van der Waals surface area contributed by atoms with Gasteiger partial charge in [0.1, 0.15) is 0 Å². The lowest BCUT2D eigenvalue weighted by molar-refractivity contribution is 0.461. The monoisotopic (exact) mass is 364 g/mol. The predicted molar refractivity (Wildman–Crippen MR) is 77.7 cm³/mol. The van der Waals surface area contributed by atoms with E-state index in [4.69, 9.17) is 5.73 Å². The van der Waals surface area contributed by atoms with Crippen LogP contribution in [0.5, 0.6) is 0 Å². The van der Waals surface area contributed by atoms with Gasteiger partial charge in [-0.2, -0.15) is 0 Å². The lowest BCUT2D eigenvalue weighted by Crippen LogP contribution is -2.35. The molecule has 0 aliphatic carbocycles. The summed E-state index contributed by atoms with van der Waals surface area (Å²) in [6, 6.07) is 0. The standard InChI is InChI=1S/C8H20N4O2S.HI/c1-4-15(13,14)12(3)7-5-6-11-8(9)10-2;/h4-7H2,1-3H3,(H3,9,10,11);1H. The smallest absolute Gasteiger partial charge is 0.213 e. The summed E-state index contributed by atoms with van der Waals surface area (Å²) in [6.07, 6.45) is 0.700. The number of sulfonamides is 1. The van der Waals surface area contributed by atoms with Crippen molar-refractivity contribution in [1.29, 1.82) is 0 Å². The van der Waals surface area contributed by atoms with Crippen molar-refractivity contribution in [2.75, 3.05) is 32.9 Å². The molecule has 0 amide bonds. The SMILES string of the molecule is CCS(=O)(=O)N(C)CCCNC(N)=NC.I. The Morgan fingerprint density at radius 2 is 2.06 bits per heavy atom. The fourth-order valence-corrected chi connectivity index (χ4v) is 1.80. The molecule has 98 valence electrons. The summed E-state index contributed by atoms with van der Waals surface area (Å²) in [5, 5.41) is 2.86. The summed E-state index contributed by atoms with van der Waals surface area (Å²) >= 11 is 0. The van der Waals surface area contributed by atoms with Crippen LogP contribution in [0, 0.1) is 0 Å². The van der Waals surface area contributed by atoms with Crippen LogP contribution in [-0.2, 0) is 10.0 Å². The Morgan fingerprint density at radius 1 is 1.50 bits per heavy atom. The first-order chi connectivity index (χ1) is 6.94. The normalized spacial score (nSPS) is 12.4. The first kappa shape index (κ1) is 18.3. The van der Waals surface area contributed by atoms with Gasteiger partial charge in [-0.15, -0.1) is 24.0 Å². The van der Waals surface area contributed by atoms with E-state index in [1.165, 1.54) is 4.31 Å². The van der Waals surface area contributed by atoms with Crippen LogP contribution < -0.4 is 11.1 Å². The second kappa shape index (κ2) is 8.99. The Kier molecular flexibility index (Phi) is 10.3. The number of hydrogen-bond acceptors (Lipinski definition) is 3. The Labute approximate surface area is 115 Å². The Hall–Kier alpha value is -0.0900. The minimum absolute atomic E-state index is 0. The van der Waals surface area contributed by atoms with Gasteiger partial charge in [0.2, 0.25) is 10.0 Å². The van der Waals surface area contributed by atoms with Gasteiger partial charge in [0.25, 0.3) is 0 Å². The molecule has 0 aromatic rings. The maximum Gasteiger partial charge on any atom is 0.213 e. The average molecular weight is 364 g/mol. The van der Waals surface area contributed by atoms with Crippen molar-refractivity contribution in [3.05, 3.63) is 0 Å². The molecular formula is C8H21IN4O2S. The molecule has 16 heavy (non-hydrogen) atoms. The van der Waals surface area contributed by atoms with Crippen LogP contribution in [0.15, 0.2) is 4.99 Å². The zero-order valence-corrected chi connectivity index (χ0v) is 13.1. The number of rotatable bonds is 6. The minimum atomic E-state index is -3.06. The molecule has 0 saturated carbocycles. The summed E-state index contributed by atoms with van der Waals surface area (Å²) in [4.78, 5) is 3.72. The molecule has 0 aromatic carbocycles. The van der Waals surface area contributed by atoms with Gasteiger partial charge in [0.05, 0.1) is 5.75 Å². The molecule has 0 bridgehead atoms. The molecule has 0 unspecified atom stereocenters. The molecule has 0 saturated heterocycles. The molecule has 0 aliphatic rings. The summed E-state index contributed by atoms with van der Waals surface area (Å²) in [6.45, 7) is 2.73. The van der Waals surface area contributed by atoms with Crippen molar-refractivity contribution >= 4 is 40.0 Å². The van der Waals surface area contributed by atoms with Gasteiger partial charge in [-0.25, -0.2) is 12.7 Å². The van der Waals surface area contributed by atoms with Crippen LogP contribution in [0.2, 0.25) is 0 Å². The van der Waals surface area contributed by atoms with E-state index in [-0.39, 0.29) is 29.7 Å². The highest BCUT2D eigenvalue weighted by atomic mass is 127. The van der Waals surface area contributed by atoms with E-state index in [0.717, 1.165) is 0 Å². The average Bonchev–Trinajstić information content (AvgIpc) is 2.23. The molecule has 0 radical (unpaired) electrons. The summed E-state index contributed by atoms with van der Waals surface area (Å²) in [5.74, 6) is 0.506. The fraction of sp³-hybridized carbons (Fsp3) is 0.875. The maximum atomic E-state index is 11.3. The molecule has 0 atom stereocenters. The highest BCUT2D eigenvalue weighted by Crippen LogP contribution is 1.97. The molecular weight excluding hydrogens is 343 g/mol. The fourth-order valence-electron chi connectivity index (χ4n) is 0.957. The molecule has 8 heteroatoms. The van der Waals surface area contributed by atoms with Crippen molar-refractivity contribution in [2.45, 2.75) is 13.3 Å². The summed E-state index contributed by atoms with van der Waals surface area (Å²) in [7, 11) is 0.112. The Morgan fingerprint density at radius 3 is 2.50 bits per heavy atom. The second-order valence-corrected chi connectivity index (χ2v) is 5.48. The molecule has 0 spiro atoms. The second-order valence-electron chi connectivity index (χ2n) is 3.11. The maximum absolute atomic E-state index is 11.3. The third kappa shape index (κ3) is 7.23. The van der Waals surface area contributed by atoms with Gasteiger partial charge in [-0.05, 0) is 13.3 Å². The van der Waals surface area contributed by atoms with Gasteiger partial charge in [0.15, 0.2) is 5.96 Å². The lowest BCUT2D eigenvalue weighted by atomic mass is 10.4. The van der Waals surface area contributed by atoms with E-state index in [0.29, 0.717) is 25.5 Å².